The Labute approximate surface area is 104 Å². The number of rotatable bonds is 2. The van der Waals surface area contributed by atoms with Crippen molar-refractivity contribution in [2.24, 2.45) is 5.73 Å². The van der Waals surface area contributed by atoms with Gasteiger partial charge in [-0.3, -0.25) is 0 Å². The molecule has 1 atom stereocenters. The zero-order valence-corrected chi connectivity index (χ0v) is 11.2. The summed E-state index contributed by atoms with van der Waals surface area (Å²) >= 11 is 3.25. The van der Waals surface area contributed by atoms with E-state index in [9.17, 15) is 4.79 Å². The van der Waals surface area contributed by atoms with Crippen LogP contribution in [0.3, 0.4) is 0 Å². The van der Waals surface area contributed by atoms with Crippen LogP contribution in [-0.2, 0) is 4.74 Å². The van der Waals surface area contributed by atoms with Crippen LogP contribution in [0.25, 0.3) is 0 Å². The first kappa shape index (κ1) is 13.2. The summed E-state index contributed by atoms with van der Waals surface area (Å²) in [5.41, 5.74) is 6.46. The van der Waals surface area contributed by atoms with Gasteiger partial charge in [-0.25, -0.2) is 4.79 Å². The number of ether oxygens (including phenoxy) is 1. The topological polar surface area (TPSA) is 52.3 Å². The second kappa shape index (κ2) is 4.97. The Morgan fingerprint density at radius 1 is 1.38 bits per heavy atom. The lowest BCUT2D eigenvalue weighted by Gasteiger charge is -2.20. The zero-order valence-electron chi connectivity index (χ0n) is 9.66. The van der Waals surface area contributed by atoms with Crippen molar-refractivity contribution in [3.05, 3.63) is 35.4 Å². The van der Waals surface area contributed by atoms with Crippen molar-refractivity contribution < 1.29 is 9.53 Å². The Bertz CT molecular complexity index is 383. The van der Waals surface area contributed by atoms with Crippen LogP contribution in [0.2, 0.25) is 0 Å². The van der Waals surface area contributed by atoms with Gasteiger partial charge in [0.05, 0.1) is 10.5 Å². The number of nitrogens with two attached hydrogens (primary N) is 1. The number of carbonyl (C=O) groups excluding carboxylic acids is 1. The highest BCUT2D eigenvalue weighted by Gasteiger charge is 2.21. The lowest BCUT2D eigenvalue weighted by molar-refractivity contribution is 0.00683. The summed E-state index contributed by atoms with van der Waals surface area (Å²) in [4.78, 5) is 11.5. The van der Waals surface area contributed by atoms with Crippen LogP contribution >= 0.6 is 15.9 Å². The number of benzene rings is 1. The van der Waals surface area contributed by atoms with Gasteiger partial charge in [0.15, 0.2) is 0 Å². The number of alkyl halides is 1. The molecule has 2 N–H and O–H groups in total. The third-order valence-corrected chi connectivity index (χ3v) is 2.37. The van der Waals surface area contributed by atoms with Crippen LogP contribution in [0.15, 0.2) is 24.3 Å². The van der Waals surface area contributed by atoms with Gasteiger partial charge in [-0.1, -0.05) is 34.1 Å². The molecule has 88 valence electrons. The van der Waals surface area contributed by atoms with Gasteiger partial charge in [0.2, 0.25) is 0 Å². The summed E-state index contributed by atoms with van der Waals surface area (Å²) in [6.07, 6.45) is 0. The van der Waals surface area contributed by atoms with Gasteiger partial charge in [0.25, 0.3) is 0 Å². The van der Waals surface area contributed by atoms with E-state index in [2.05, 4.69) is 15.9 Å². The molecule has 16 heavy (non-hydrogen) atoms. The standard InChI is InChI=1S/C12H16BrNO2/c1-12(2,3)16-11(15)9-7-5-4-6-8(9)10(13)14/h4-7,10H,14H2,1-3H3/t10-/m0/s1. The zero-order chi connectivity index (χ0) is 12.3. The predicted octanol–water partition coefficient (Wildman–Crippen LogP) is 2.99. The quantitative estimate of drug-likeness (QED) is 0.516. The molecular weight excluding hydrogens is 270 g/mol. The molecule has 0 spiro atoms. The first-order valence-corrected chi connectivity index (χ1v) is 5.95. The Hall–Kier alpha value is -0.870. The fourth-order valence-corrected chi connectivity index (χ4v) is 1.66. The van der Waals surface area contributed by atoms with Crippen molar-refractivity contribution in [2.75, 3.05) is 0 Å². The van der Waals surface area contributed by atoms with Crippen molar-refractivity contribution in [3.63, 3.8) is 0 Å². The summed E-state index contributed by atoms with van der Waals surface area (Å²) in [6.45, 7) is 5.50. The Morgan fingerprint density at radius 3 is 2.44 bits per heavy atom. The maximum absolute atomic E-state index is 11.9. The van der Waals surface area contributed by atoms with E-state index in [0.29, 0.717) is 5.56 Å². The van der Waals surface area contributed by atoms with Gasteiger partial charge < -0.3 is 10.5 Å². The van der Waals surface area contributed by atoms with Crippen LogP contribution < -0.4 is 5.73 Å². The Kier molecular flexibility index (Phi) is 4.10. The Morgan fingerprint density at radius 2 is 1.94 bits per heavy atom. The second-order valence-electron chi connectivity index (χ2n) is 4.49. The monoisotopic (exact) mass is 285 g/mol. The van der Waals surface area contributed by atoms with Crippen molar-refractivity contribution in [1.82, 2.24) is 0 Å². The van der Waals surface area contributed by atoms with Crippen molar-refractivity contribution in [3.8, 4) is 0 Å². The van der Waals surface area contributed by atoms with Crippen LogP contribution in [-0.4, -0.2) is 11.6 Å². The van der Waals surface area contributed by atoms with Gasteiger partial charge in [0, 0.05) is 0 Å². The third-order valence-electron chi connectivity index (χ3n) is 1.88. The average Bonchev–Trinajstić information content (AvgIpc) is 2.15. The molecule has 0 radical (unpaired) electrons. The van der Waals surface area contributed by atoms with E-state index in [1.807, 2.05) is 26.8 Å². The molecule has 3 nitrogen and oxygen atoms in total. The highest BCUT2D eigenvalue weighted by atomic mass is 79.9. The van der Waals surface area contributed by atoms with Crippen molar-refractivity contribution in [1.29, 1.82) is 0 Å². The summed E-state index contributed by atoms with van der Waals surface area (Å²) in [5, 5.41) is 0. The molecule has 0 heterocycles. The predicted molar refractivity (Wildman–Crippen MR) is 67.5 cm³/mol. The molecule has 0 aliphatic rings. The van der Waals surface area contributed by atoms with E-state index in [1.165, 1.54) is 0 Å². The summed E-state index contributed by atoms with van der Waals surface area (Å²) in [5.74, 6) is -0.349. The lowest BCUT2D eigenvalue weighted by Crippen LogP contribution is -2.25. The fraction of sp³-hybridized carbons (Fsp3) is 0.417. The van der Waals surface area contributed by atoms with E-state index in [0.717, 1.165) is 5.56 Å². The van der Waals surface area contributed by atoms with Gasteiger partial charge in [-0.05, 0) is 32.4 Å². The molecular formula is C12H16BrNO2. The molecule has 0 unspecified atom stereocenters. The first-order valence-electron chi connectivity index (χ1n) is 5.03. The largest absolute Gasteiger partial charge is 0.456 e. The first-order chi connectivity index (χ1) is 7.31. The summed E-state index contributed by atoms with van der Waals surface area (Å²) in [7, 11) is 0. The number of hydrogen-bond acceptors (Lipinski definition) is 3. The minimum Gasteiger partial charge on any atom is -0.456 e. The van der Waals surface area contributed by atoms with Crippen molar-refractivity contribution >= 4 is 21.9 Å². The van der Waals surface area contributed by atoms with Crippen molar-refractivity contribution in [2.45, 2.75) is 31.3 Å². The number of hydrogen-bond donors (Lipinski definition) is 1. The minimum absolute atomic E-state index is 0.349. The average molecular weight is 286 g/mol. The van der Waals surface area contributed by atoms with E-state index in [1.54, 1.807) is 18.2 Å². The van der Waals surface area contributed by atoms with E-state index in [-0.39, 0.29) is 10.9 Å². The highest BCUT2D eigenvalue weighted by Crippen LogP contribution is 2.23. The summed E-state index contributed by atoms with van der Waals surface area (Å²) < 4.78 is 5.30. The SMILES string of the molecule is CC(C)(C)OC(=O)c1ccccc1[C@H](N)Br. The molecule has 0 amide bonds. The summed E-state index contributed by atoms with van der Waals surface area (Å²) in [6, 6.07) is 7.14. The van der Waals surface area contributed by atoms with E-state index in [4.69, 9.17) is 10.5 Å². The molecule has 1 aromatic carbocycles. The highest BCUT2D eigenvalue weighted by molar-refractivity contribution is 9.09. The minimum atomic E-state index is -0.499. The van der Waals surface area contributed by atoms with E-state index >= 15 is 0 Å². The van der Waals surface area contributed by atoms with Gasteiger partial charge >= 0.3 is 5.97 Å². The molecule has 0 bridgehead atoms. The normalized spacial score (nSPS) is 13.3. The fourth-order valence-electron chi connectivity index (χ4n) is 1.26. The van der Waals surface area contributed by atoms with Gasteiger partial charge in [-0.2, -0.15) is 0 Å². The molecule has 0 saturated heterocycles. The van der Waals surface area contributed by atoms with Crippen LogP contribution in [0, 0.1) is 0 Å². The smallest absolute Gasteiger partial charge is 0.339 e. The molecule has 4 heteroatoms. The van der Waals surface area contributed by atoms with Crippen LogP contribution in [0.5, 0.6) is 0 Å². The maximum Gasteiger partial charge on any atom is 0.339 e. The molecule has 0 aromatic heterocycles. The van der Waals surface area contributed by atoms with Crippen LogP contribution in [0.4, 0.5) is 0 Å². The second-order valence-corrected chi connectivity index (χ2v) is 5.48. The number of esters is 1. The third kappa shape index (κ3) is 3.61. The molecule has 1 rings (SSSR count). The molecule has 0 aliphatic carbocycles. The van der Waals surface area contributed by atoms with Crippen LogP contribution in [0.1, 0.15) is 41.6 Å². The molecule has 0 fully saturated rings. The molecule has 0 aliphatic heterocycles. The molecule has 0 saturated carbocycles. The van der Waals surface area contributed by atoms with Gasteiger partial charge in [-0.15, -0.1) is 0 Å². The Balaban J connectivity index is 3.00. The maximum atomic E-state index is 11.9. The number of halogens is 1. The van der Waals surface area contributed by atoms with Gasteiger partial charge in [0.1, 0.15) is 5.60 Å². The lowest BCUT2D eigenvalue weighted by atomic mass is 10.1. The van der Waals surface area contributed by atoms with E-state index < -0.39 is 5.60 Å². The molecule has 1 aromatic rings. The number of carbonyl (C=O) groups is 1.